The van der Waals surface area contributed by atoms with Gasteiger partial charge in [-0.25, -0.2) is 25.9 Å². The molecule has 0 atom stereocenters. The van der Waals surface area contributed by atoms with Crippen molar-refractivity contribution in [3.8, 4) is 0 Å². The fourth-order valence-corrected chi connectivity index (χ4v) is 3.02. The number of benzene rings is 1. The molecule has 18 heavy (non-hydrogen) atoms. The molecular formula is C9H12FNO5S2. The number of hydrogen-bond acceptors (Lipinski definition) is 5. The van der Waals surface area contributed by atoms with Crippen molar-refractivity contribution in [3.63, 3.8) is 0 Å². The average molecular weight is 297 g/mol. The minimum atomic E-state index is -4.19. The number of nitrogens with one attached hydrogen (secondary N) is 1. The van der Waals surface area contributed by atoms with E-state index in [1.54, 1.807) is 0 Å². The summed E-state index contributed by atoms with van der Waals surface area (Å²) < 4.78 is 61.1. The summed E-state index contributed by atoms with van der Waals surface area (Å²) in [5.74, 6) is -1.06. The molecule has 0 heterocycles. The molecule has 0 amide bonds. The topological polar surface area (TPSA) is 101 Å². The molecule has 1 rings (SSSR count). The first kappa shape index (κ1) is 15.0. The molecule has 0 aromatic heterocycles. The van der Waals surface area contributed by atoms with E-state index in [9.17, 15) is 21.2 Å². The van der Waals surface area contributed by atoms with Crippen molar-refractivity contribution in [1.82, 2.24) is 4.72 Å². The van der Waals surface area contributed by atoms with Gasteiger partial charge in [0.15, 0.2) is 9.84 Å². The Balaban J connectivity index is 3.33. The van der Waals surface area contributed by atoms with Gasteiger partial charge in [0, 0.05) is 12.8 Å². The van der Waals surface area contributed by atoms with Gasteiger partial charge >= 0.3 is 0 Å². The number of sulfone groups is 1. The SMILES string of the molecule is CS(=O)(=O)c1ccc(F)c(S(=O)(=O)NCCO)c1. The van der Waals surface area contributed by atoms with Crippen LogP contribution in [0.25, 0.3) is 0 Å². The van der Waals surface area contributed by atoms with E-state index in [1.165, 1.54) is 0 Å². The summed E-state index contributed by atoms with van der Waals surface area (Å²) in [5.41, 5.74) is 0. The van der Waals surface area contributed by atoms with Crippen molar-refractivity contribution in [2.45, 2.75) is 9.79 Å². The zero-order chi connectivity index (χ0) is 14.0. The number of aliphatic hydroxyl groups excluding tert-OH is 1. The minimum Gasteiger partial charge on any atom is -0.395 e. The lowest BCUT2D eigenvalue weighted by atomic mass is 10.3. The van der Waals surface area contributed by atoms with Crippen LogP contribution in [0.5, 0.6) is 0 Å². The highest BCUT2D eigenvalue weighted by Crippen LogP contribution is 2.19. The Hall–Kier alpha value is -1.03. The highest BCUT2D eigenvalue weighted by Gasteiger charge is 2.21. The Morgan fingerprint density at radius 2 is 1.89 bits per heavy atom. The fraction of sp³-hybridized carbons (Fsp3) is 0.333. The van der Waals surface area contributed by atoms with Gasteiger partial charge in [-0.1, -0.05) is 0 Å². The van der Waals surface area contributed by atoms with Crippen molar-refractivity contribution in [1.29, 1.82) is 0 Å². The second-order valence-corrected chi connectivity index (χ2v) is 7.24. The largest absolute Gasteiger partial charge is 0.395 e. The standard InChI is InChI=1S/C9H12FNO5S2/c1-17(13,14)7-2-3-8(10)9(6-7)18(15,16)11-4-5-12/h2-3,6,11-12H,4-5H2,1H3. The third kappa shape index (κ3) is 3.48. The third-order valence-corrected chi connectivity index (χ3v) is 4.61. The Labute approximate surface area is 104 Å². The monoisotopic (exact) mass is 297 g/mol. The minimum absolute atomic E-state index is 0.287. The second kappa shape index (κ2) is 5.31. The van der Waals surface area contributed by atoms with Crippen molar-refractivity contribution < 1.29 is 26.3 Å². The van der Waals surface area contributed by atoms with Crippen molar-refractivity contribution >= 4 is 19.9 Å². The molecule has 1 aromatic rings. The maximum Gasteiger partial charge on any atom is 0.243 e. The predicted octanol–water partition coefficient (Wildman–Crippen LogP) is -0.500. The number of aliphatic hydroxyl groups is 1. The van der Waals surface area contributed by atoms with E-state index in [2.05, 4.69) is 0 Å². The molecule has 0 radical (unpaired) electrons. The van der Waals surface area contributed by atoms with Crippen molar-refractivity contribution in [2.75, 3.05) is 19.4 Å². The first-order valence-corrected chi connectivity index (χ1v) is 8.16. The van der Waals surface area contributed by atoms with E-state index in [1.807, 2.05) is 4.72 Å². The smallest absolute Gasteiger partial charge is 0.243 e. The summed E-state index contributed by atoms with van der Waals surface area (Å²) in [6.45, 7) is -0.739. The molecule has 6 nitrogen and oxygen atoms in total. The van der Waals surface area contributed by atoms with Gasteiger partial charge in [0.05, 0.1) is 11.5 Å². The molecule has 102 valence electrons. The van der Waals surface area contributed by atoms with Gasteiger partial charge in [0.2, 0.25) is 10.0 Å². The van der Waals surface area contributed by atoms with Crippen LogP contribution in [0.1, 0.15) is 0 Å². The number of hydrogen-bond donors (Lipinski definition) is 2. The molecule has 0 aliphatic carbocycles. The molecule has 1 aromatic carbocycles. The Morgan fingerprint density at radius 3 is 2.39 bits per heavy atom. The normalized spacial score (nSPS) is 12.6. The number of halogens is 1. The Morgan fingerprint density at radius 1 is 1.28 bits per heavy atom. The van der Waals surface area contributed by atoms with E-state index in [0.717, 1.165) is 24.5 Å². The van der Waals surface area contributed by atoms with Crippen LogP contribution in [0.2, 0.25) is 0 Å². The molecule has 0 bridgehead atoms. The van der Waals surface area contributed by atoms with Gasteiger partial charge in [0.1, 0.15) is 10.7 Å². The van der Waals surface area contributed by atoms with E-state index in [4.69, 9.17) is 5.11 Å². The predicted molar refractivity (Wildman–Crippen MR) is 61.8 cm³/mol. The van der Waals surface area contributed by atoms with Gasteiger partial charge in [0.25, 0.3) is 0 Å². The zero-order valence-corrected chi connectivity index (χ0v) is 11.1. The molecule has 0 saturated heterocycles. The molecule has 0 aliphatic rings. The van der Waals surface area contributed by atoms with Gasteiger partial charge < -0.3 is 5.11 Å². The summed E-state index contributed by atoms with van der Waals surface area (Å²) in [6.07, 6.45) is 0.887. The molecule has 2 N–H and O–H groups in total. The summed E-state index contributed by atoms with van der Waals surface area (Å²) >= 11 is 0. The average Bonchev–Trinajstić information content (AvgIpc) is 2.25. The maximum absolute atomic E-state index is 13.4. The highest BCUT2D eigenvalue weighted by atomic mass is 32.2. The maximum atomic E-state index is 13.4. The van der Waals surface area contributed by atoms with E-state index in [-0.39, 0.29) is 11.4 Å². The third-order valence-electron chi connectivity index (χ3n) is 2.02. The van der Waals surface area contributed by atoms with Gasteiger partial charge in [-0.2, -0.15) is 0 Å². The van der Waals surface area contributed by atoms with Crippen molar-refractivity contribution in [3.05, 3.63) is 24.0 Å². The number of sulfonamides is 1. The van der Waals surface area contributed by atoms with Crippen LogP contribution in [0, 0.1) is 5.82 Å². The second-order valence-electron chi connectivity index (χ2n) is 3.49. The summed E-state index contributed by atoms with van der Waals surface area (Å²) in [4.78, 5) is -1.06. The quantitative estimate of drug-likeness (QED) is 0.714. The molecule has 0 spiro atoms. The molecule has 0 saturated carbocycles. The summed E-state index contributed by atoms with van der Waals surface area (Å²) in [5, 5.41) is 8.51. The van der Waals surface area contributed by atoms with E-state index in [0.29, 0.717) is 0 Å². The van der Waals surface area contributed by atoms with E-state index < -0.39 is 37.2 Å². The first-order valence-electron chi connectivity index (χ1n) is 4.78. The van der Waals surface area contributed by atoms with Crippen molar-refractivity contribution in [2.24, 2.45) is 0 Å². The first-order chi connectivity index (χ1) is 8.18. The molecule has 0 aliphatic heterocycles. The fourth-order valence-electron chi connectivity index (χ4n) is 1.18. The summed E-state index contributed by atoms with van der Waals surface area (Å²) in [7, 11) is -7.82. The zero-order valence-electron chi connectivity index (χ0n) is 9.42. The van der Waals surface area contributed by atoms with Gasteiger partial charge in [-0.05, 0) is 18.2 Å². The highest BCUT2D eigenvalue weighted by molar-refractivity contribution is 7.91. The lowest BCUT2D eigenvalue weighted by Crippen LogP contribution is -2.27. The lowest BCUT2D eigenvalue weighted by Gasteiger charge is -2.08. The summed E-state index contributed by atoms with van der Waals surface area (Å²) in [6, 6.07) is 2.49. The van der Waals surface area contributed by atoms with Crippen LogP contribution < -0.4 is 4.72 Å². The number of rotatable bonds is 5. The van der Waals surface area contributed by atoms with Crippen LogP contribution in [0.4, 0.5) is 4.39 Å². The van der Waals surface area contributed by atoms with Crippen LogP contribution in [-0.2, 0) is 19.9 Å². The van der Waals surface area contributed by atoms with E-state index >= 15 is 0 Å². The molecular weight excluding hydrogens is 285 g/mol. The molecule has 9 heteroatoms. The van der Waals surface area contributed by atoms with Crippen LogP contribution in [0.3, 0.4) is 0 Å². The Kier molecular flexibility index (Phi) is 4.43. The molecule has 0 unspecified atom stereocenters. The van der Waals surface area contributed by atoms with Gasteiger partial charge in [-0.3, -0.25) is 0 Å². The van der Waals surface area contributed by atoms with Crippen LogP contribution in [-0.4, -0.2) is 41.3 Å². The van der Waals surface area contributed by atoms with Gasteiger partial charge in [-0.15, -0.1) is 0 Å². The molecule has 0 fully saturated rings. The lowest BCUT2D eigenvalue weighted by molar-refractivity contribution is 0.301. The van der Waals surface area contributed by atoms with Crippen LogP contribution >= 0.6 is 0 Å². The van der Waals surface area contributed by atoms with Crippen LogP contribution in [0.15, 0.2) is 28.0 Å². The Bertz CT molecular complexity index is 639.